The van der Waals surface area contributed by atoms with Crippen molar-refractivity contribution in [3.8, 4) is 0 Å². The molecule has 1 unspecified atom stereocenters. The SMILES string of the molecule is O=C(OC(F)C[N+](=O)[O-])c1ccccc1. The van der Waals surface area contributed by atoms with Crippen molar-refractivity contribution in [1.82, 2.24) is 0 Å². The van der Waals surface area contributed by atoms with Crippen molar-refractivity contribution in [3.05, 3.63) is 46.0 Å². The number of halogens is 1. The van der Waals surface area contributed by atoms with Gasteiger partial charge >= 0.3 is 12.3 Å². The van der Waals surface area contributed by atoms with E-state index in [1.165, 1.54) is 12.1 Å². The van der Waals surface area contributed by atoms with E-state index in [1.807, 2.05) is 0 Å². The fourth-order valence-electron chi connectivity index (χ4n) is 0.913. The fraction of sp³-hybridized carbons (Fsp3) is 0.222. The third-order valence-electron chi connectivity index (χ3n) is 1.54. The number of alkyl halides is 1. The second-order valence-electron chi connectivity index (χ2n) is 2.70. The highest BCUT2D eigenvalue weighted by molar-refractivity contribution is 5.89. The molecule has 80 valence electrons. The average molecular weight is 213 g/mol. The number of rotatable bonds is 4. The van der Waals surface area contributed by atoms with Crippen molar-refractivity contribution >= 4 is 5.97 Å². The lowest BCUT2D eigenvalue weighted by Gasteiger charge is -2.05. The van der Waals surface area contributed by atoms with Crippen LogP contribution in [0.3, 0.4) is 0 Å². The van der Waals surface area contributed by atoms with E-state index in [2.05, 4.69) is 4.74 Å². The molecule has 1 aromatic rings. The Labute approximate surface area is 84.6 Å². The molecular formula is C9H8FNO4. The van der Waals surface area contributed by atoms with Crippen LogP contribution < -0.4 is 0 Å². The van der Waals surface area contributed by atoms with E-state index in [9.17, 15) is 19.3 Å². The number of nitro groups is 1. The Morgan fingerprint density at radius 2 is 2.07 bits per heavy atom. The van der Waals surface area contributed by atoms with E-state index in [0.717, 1.165) is 0 Å². The Balaban J connectivity index is 2.53. The van der Waals surface area contributed by atoms with Crippen LogP contribution in [-0.4, -0.2) is 23.8 Å². The smallest absolute Gasteiger partial charge is 0.340 e. The summed E-state index contributed by atoms with van der Waals surface area (Å²) in [5.74, 6) is -0.912. The third kappa shape index (κ3) is 3.72. The van der Waals surface area contributed by atoms with Crippen molar-refractivity contribution in [2.45, 2.75) is 6.36 Å². The van der Waals surface area contributed by atoms with Gasteiger partial charge in [0.05, 0.1) is 5.56 Å². The van der Waals surface area contributed by atoms with E-state index >= 15 is 0 Å². The lowest BCUT2D eigenvalue weighted by atomic mass is 10.2. The summed E-state index contributed by atoms with van der Waals surface area (Å²) in [4.78, 5) is 20.2. The number of nitrogens with zero attached hydrogens (tertiary/aromatic N) is 1. The van der Waals surface area contributed by atoms with Gasteiger partial charge in [0.25, 0.3) is 6.54 Å². The Kier molecular flexibility index (Phi) is 3.73. The first-order valence-electron chi connectivity index (χ1n) is 4.11. The van der Waals surface area contributed by atoms with Gasteiger partial charge in [-0.2, -0.15) is 4.39 Å². The lowest BCUT2D eigenvalue weighted by molar-refractivity contribution is -0.496. The van der Waals surface area contributed by atoms with Crippen LogP contribution in [0.1, 0.15) is 10.4 Å². The molecule has 0 saturated heterocycles. The standard InChI is InChI=1S/C9H8FNO4/c10-8(6-11(13)14)15-9(12)7-4-2-1-3-5-7/h1-5,8H,6H2. The molecule has 0 aliphatic rings. The maximum absolute atomic E-state index is 12.7. The highest BCUT2D eigenvalue weighted by Crippen LogP contribution is 2.04. The molecule has 0 amide bonds. The maximum Gasteiger partial charge on any atom is 0.340 e. The molecule has 5 nitrogen and oxygen atoms in total. The highest BCUT2D eigenvalue weighted by atomic mass is 19.1. The highest BCUT2D eigenvalue weighted by Gasteiger charge is 2.19. The van der Waals surface area contributed by atoms with Crippen LogP contribution in [0.5, 0.6) is 0 Å². The zero-order valence-electron chi connectivity index (χ0n) is 7.63. The van der Waals surface area contributed by atoms with Crippen LogP contribution in [0.4, 0.5) is 4.39 Å². The van der Waals surface area contributed by atoms with Gasteiger partial charge in [0.2, 0.25) is 0 Å². The maximum atomic E-state index is 12.7. The van der Waals surface area contributed by atoms with Gasteiger partial charge in [-0.25, -0.2) is 4.79 Å². The minimum absolute atomic E-state index is 0.156. The quantitative estimate of drug-likeness (QED) is 0.430. The number of carbonyl (C=O) groups is 1. The number of ether oxygens (including phenoxy) is 1. The minimum Gasteiger partial charge on any atom is -0.420 e. The first-order chi connectivity index (χ1) is 7.09. The molecule has 0 bridgehead atoms. The first kappa shape index (κ1) is 11.1. The molecule has 0 heterocycles. The van der Waals surface area contributed by atoms with Crippen LogP contribution in [0.25, 0.3) is 0 Å². The molecule has 0 spiro atoms. The van der Waals surface area contributed by atoms with Gasteiger partial charge in [-0.3, -0.25) is 10.1 Å². The number of hydrogen-bond acceptors (Lipinski definition) is 4. The Bertz CT molecular complexity index is 354. The summed E-state index contributed by atoms with van der Waals surface area (Å²) in [7, 11) is 0. The molecule has 0 saturated carbocycles. The summed E-state index contributed by atoms with van der Waals surface area (Å²) in [5.41, 5.74) is 0.156. The zero-order valence-corrected chi connectivity index (χ0v) is 7.63. The Morgan fingerprint density at radius 3 is 2.60 bits per heavy atom. The molecule has 1 rings (SSSR count). The van der Waals surface area contributed by atoms with Gasteiger partial charge in [-0.15, -0.1) is 0 Å². The molecule has 0 aromatic heterocycles. The lowest BCUT2D eigenvalue weighted by Crippen LogP contribution is -2.22. The Hall–Kier alpha value is -1.98. The predicted octanol–water partition coefficient (Wildman–Crippen LogP) is 1.42. The van der Waals surface area contributed by atoms with Crippen molar-refractivity contribution < 1.29 is 18.8 Å². The molecule has 6 heteroatoms. The van der Waals surface area contributed by atoms with Crippen molar-refractivity contribution in [2.24, 2.45) is 0 Å². The number of esters is 1. The van der Waals surface area contributed by atoms with Crippen molar-refractivity contribution in [1.29, 1.82) is 0 Å². The zero-order chi connectivity index (χ0) is 11.3. The predicted molar refractivity (Wildman–Crippen MR) is 48.6 cm³/mol. The van der Waals surface area contributed by atoms with Gasteiger partial charge in [-0.05, 0) is 12.1 Å². The van der Waals surface area contributed by atoms with E-state index < -0.39 is 23.8 Å². The van der Waals surface area contributed by atoms with Crippen LogP contribution in [0.2, 0.25) is 0 Å². The molecule has 1 aromatic carbocycles. The van der Waals surface area contributed by atoms with Crippen molar-refractivity contribution in [3.63, 3.8) is 0 Å². The third-order valence-corrected chi connectivity index (χ3v) is 1.54. The number of carbonyl (C=O) groups excluding carboxylic acids is 1. The van der Waals surface area contributed by atoms with E-state index in [4.69, 9.17) is 0 Å². The second kappa shape index (κ2) is 5.04. The van der Waals surface area contributed by atoms with Crippen LogP contribution in [-0.2, 0) is 4.74 Å². The van der Waals surface area contributed by atoms with E-state index in [-0.39, 0.29) is 5.56 Å². The molecule has 1 atom stereocenters. The number of hydrogen-bond donors (Lipinski definition) is 0. The first-order valence-corrected chi connectivity index (χ1v) is 4.11. The molecule has 0 N–H and O–H groups in total. The summed E-state index contributed by atoms with van der Waals surface area (Å²) in [6.45, 7) is -1.04. The summed E-state index contributed by atoms with van der Waals surface area (Å²) in [6.07, 6.45) is -2.22. The largest absolute Gasteiger partial charge is 0.420 e. The van der Waals surface area contributed by atoms with E-state index in [0.29, 0.717) is 0 Å². The average Bonchev–Trinajstić information content (AvgIpc) is 2.17. The molecule has 15 heavy (non-hydrogen) atoms. The van der Waals surface area contributed by atoms with Crippen molar-refractivity contribution in [2.75, 3.05) is 6.54 Å². The minimum atomic E-state index is -2.22. The molecular weight excluding hydrogens is 205 g/mol. The monoisotopic (exact) mass is 213 g/mol. The molecule has 0 radical (unpaired) electrons. The molecule has 0 aliphatic carbocycles. The van der Waals surface area contributed by atoms with Crippen LogP contribution in [0.15, 0.2) is 30.3 Å². The van der Waals surface area contributed by atoms with Gasteiger partial charge in [0.1, 0.15) is 0 Å². The summed E-state index contributed by atoms with van der Waals surface area (Å²) >= 11 is 0. The summed E-state index contributed by atoms with van der Waals surface area (Å²) in [5, 5.41) is 9.90. The van der Waals surface area contributed by atoms with Crippen LogP contribution >= 0.6 is 0 Å². The van der Waals surface area contributed by atoms with E-state index in [1.54, 1.807) is 18.2 Å². The molecule has 0 aliphatic heterocycles. The van der Waals surface area contributed by atoms with Gasteiger partial charge < -0.3 is 4.74 Å². The van der Waals surface area contributed by atoms with Gasteiger partial charge in [0, 0.05) is 4.92 Å². The normalized spacial score (nSPS) is 11.8. The van der Waals surface area contributed by atoms with Crippen LogP contribution in [0, 0.1) is 10.1 Å². The van der Waals surface area contributed by atoms with Gasteiger partial charge in [0.15, 0.2) is 0 Å². The summed E-state index contributed by atoms with van der Waals surface area (Å²) in [6, 6.07) is 7.71. The molecule has 0 fully saturated rings. The number of benzene rings is 1. The Morgan fingerprint density at radius 1 is 1.47 bits per heavy atom. The summed E-state index contributed by atoms with van der Waals surface area (Å²) < 4.78 is 16.9. The van der Waals surface area contributed by atoms with Gasteiger partial charge in [-0.1, -0.05) is 18.2 Å². The fourth-order valence-corrected chi connectivity index (χ4v) is 0.913. The topological polar surface area (TPSA) is 69.4 Å². The second-order valence-corrected chi connectivity index (χ2v) is 2.70.